The number of amides is 2. The van der Waals surface area contributed by atoms with Crippen molar-refractivity contribution in [3.63, 3.8) is 0 Å². The molecule has 0 aromatic heterocycles. The first-order valence-electron chi connectivity index (χ1n) is 12.8. The Labute approximate surface area is 221 Å². The SMILES string of the molecule is O=C(Nc1cc(CCCc2cccc(C3=NCCN3)c2)cc(C(=O)O)c1)Nc1cccc(C2=NCCN2)c1. The number of aryl methyl sites for hydroxylation is 2. The number of hydrogen-bond acceptors (Lipinski definition) is 6. The van der Waals surface area contributed by atoms with Crippen molar-refractivity contribution in [2.75, 3.05) is 36.8 Å². The van der Waals surface area contributed by atoms with E-state index in [0.29, 0.717) is 17.8 Å². The molecule has 0 bridgehead atoms. The summed E-state index contributed by atoms with van der Waals surface area (Å²) in [4.78, 5) is 33.4. The quantitative estimate of drug-likeness (QED) is 0.298. The van der Waals surface area contributed by atoms with Crippen LogP contribution in [0.2, 0.25) is 0 Å². The van der Waals surface area contributed by atoms with Crippen molar-refractivity contribution in [3.05, 3.63) is 94.5 Å². The number of rotatable bonds is 9. The van der Waals surface area contributed by atoms with E-state index in [4.69, 9.17) is 0 Å². The van der Waals surface area contributed by atoms with Gasteiger partial charge in [-0.2, -0.15) is 0 Å². The Morgan fingerprint density at radius 1 is 0.763 bits per heavy atom. The average molecular weight is 511 g/mol. The maximum atomic E-state index is 12.7. The lowest BCUT2D eigenvalue weighted by Crippen LogP contribution is -2.21. The number of nitrogens with one attached hydrogen (secondary N) is 4. The first-order chi connectivity index (χ1) is 18.5. The molecule has 0 spiro atoms. The van der Waals surface area contributed by atoms with Gasteiger partial charge in [-0.15, -0.1) is 0 Å². The molecule has 5 rings (SSSR count). The third-order valence-electron chi connectivity index (χ3n) is 6.37. The Bertz CT molecular complexity index is 1410. The van der Waals surface area contributed by atoms with Crippen LogP contribution in [0.4, 0.5) is 16.2 Å². The van der Waals surface area contributed by atoms with Gasteiger partial charge in [-0.05, 0) is 66.8 Å². The van der Waals surface area contributed by atoms with Crippen molar-refractivity contribution >= 4 is 35.0 Å². The van der Waals surface area contributed by atoms with Crippen molar-refractivity contribution in [3.8, 4) is 0 Å². The number of anilines is 2. The highest BCUT2D eigenvalue weighted by molar-refractivity contribution is 6.03. The molecule has 38 heavy (non-hydrogen) atoms. The van der Waals surface area contributed by atoms with E-state index in [1.54, 1.807) is 12.1 Å². The summed E-state index contributed by atoms with van der Waals surface area (Å²) in [7, 11) is 0. The molecule has 0 fully saturated rings. The van der Waals surface area contributed by atoms with Crippen molar-refractivity contribution in [1.29, 1.82) is 0 Å². The number of aromatic carboxylic acids is 1. The lowest BCUT2D eigenvalue weighted by atomic mass is 10.0. The summed E-state index contributed by atoms with van der Waals surface area (Å²) in [5, 5.41) is 21.7. The van der Waals surface area contributed by atoms with E-state index in [1.807, 2.05) is 30.3 Å². The summed E-state index contributed by atoms with van der Waals surface area (Å²) in [6.45, 7) is 3.20. The molecule has 3 aromatic carbocycles. The second-order valence-corrected chi connectivity index (χ2v) is 9.25. The highest BCUT2D eigenvalue weighted by Crippen LogP contribution is 2.19. The molecule has 3 aromatic rings. The largest absolute Gasteiger partial charge is 0.478 e. The van der Waals surface area contributed by atoms with Crippen LogP contribution in [0.25, 0.3) is 0 Å². The fourth-order valence-corrected chi connectivity index (χ4v) is 4.62. The monoisotopic (exact) mass is 510 g/mol. The molecule has 194 valence electrons. The first-order valence-corrected chi connectivity index (χ1v) is 12.8. The van der Waals surface area contributed by atoms with Gasteiger partial charge >= 0.3 is 12.0 Å². The van der Waals surface area contributed by atoms with Crippen LogP contribution in [0, 0.1) is 0 Å². The van der Waals surface area contributed by atoms with Crippen LogP contribution in [0.5, 0.6) is 0 Å². The van der Waals surface area contributed by atoms with E-state index < -0.39 is 12.0 Å². The normalized spacial score (nSPS) is 14.2. The van der Waals surface area contributed by atoms with Crippen molar-refractivity contribution < 1.29 is 14.7 Å². The summed E-state index contributed by atoms with van der Waals surface area (Å²) in [6.07, 6.45) is 2.36. The standard InChI is InChI=1S/C29H30N6O3/c36-28(37)23-15-20(6-1-4-19-5-2-7-21(14-19)26-30-10-11-31-26)16-25(18-23)35-29(38)34-24-9-3-8-22(17-24)27-32-12-13-33-27/h2-3,5,7-9,14-18H,1,4,6,10-13H2,(H,30,31)(H,32,33)(H,36,37)(H2,34,35,38). The second-order valence-electron chi connectivity index (χ2n) is 9.25. The number of urea groups is 1. The molecule has 2 heterocycles. The third kappa shape index (κ3) is 6.36. The number of hydrogen-bond donors (Lipinski definition) is 5. The van der Waals surface area contributed by atoms with Crippen LogP contribution < -0.4 is 21.3 Å². The molecule has 0 saturated heterocycles. The third-order valence-corrected chi connectivity index (χ3v) is 6.37. The van der Waals surface area contributed by atoms with Crippen molar-refractivity contribution in [2.45, 2.75) is 19.3 Å². The zero-order valence-corrected chi connectivity index (χ0v) is 21.0. The van der Waals surface area contributed by atoms with Gasteiger partial charge in [0.1, 0.15) is 11.7 Å². The molecule has 2 amide bonds. The number of amidine groups is 2. The molecule has 2 aliphatic rings. The number of benzene rings is 3. The fraction of sp³-hybridized carbons (Fsp3) is 0.241. The molecule has 0 radical (unpaired) electrons. The lowest BCUT2D eigenvalue weighted by Gasteiger charge is -2.12. The molecule has 9 heteroatoms. The van der Waals surface area contributed by atoms with Crippen LogP contribution in [0.1, 0.15) is 39.0 Å². The Morgan fingerprint density at radius 2 is 1.42 bits per heavy atom. The van der Waals surface area contributed by atoms with E-state index in [-0.39, 0.29) is 5.56 Å². The van der Waals surface area contributed by atoms with Crippen LogP contribution >= 0.6 is 0 Å². The Kier molecular flexibility index (Phi) is 7.63. The van der Waals surface area contributed by atoms with Crippen molar-refractivity contribution in [2.24, 2.45) is 9.98 Å². The molecule has 0 saturated carbocycles. The summed E-state index contributed by atoms with van der Waals surface area (Å²) in [6, 6.07) is 20.3. The predicted octanol–water partition coefficient (Wildman–Crippen LogP) is 3.90. The van der Waals surface area contributed by atoms with Crippen LogP contribution in [0.15, 0.2) is 76.7 Å². The number of aliphatic imine (C=N–C) groups is 2. The molecule has 0 unspecified atom stereocenters. The number of nitrogens with zero attached hydrogens (tertiary/aromatic N) is 2. The predicted molar refractivity (Wildman–Crippen MR) is 150 cm³/mol. The highest BCUT2D eigenvalue weighted by atomic mass is 16.4. The molecule has 9 nitrogen and oxygen atoms in total. The van der Waals surface area contributed by atoms with Crippen LogP contribution in [0.3, 0.4) is 0 Å². The Morgan fingerprint density at radius 3 is 2.11 bits per heavy atom. The average Bonchev–Trinajstić information content (AvgIpc) is 3.64. The molecule has 5 N–H and O–H groups in total. The minimum Gasteiger partial charge on any atom is -0.478 e. The zero-order valence-electron chi connectivity index (χ0n) is 21.0. The number of carboxylic acids is 1. The molecular formula is C29H30N6O3. The summed E-state index contributed by atoms with van der Waals surface area (Å²) in [5.41, 5.74) is 5.22. The number of carboxylic acid groups (broad SMARTS) is 1. The van der Waals surface area contributed by atoms with Gasteiger partial charge in [-0.3, -0.25) is 9.98 Å². The van der Waals surface area contributed by atoms with Crippen LogP contribution in [-0.2, 0) is 12.8 Å². The van der Waals surface area contributed by atoms with Gasteiger partial charge in [0.25, 0.3) is 0 Å². The van der Waals surface area contributed by atoms with Gasteiger partial charge in [0.2, 0.25) is 0 Å². The fourth-order valence-electron chi connectivity index (χ4n) is 4.62. The minimum atomic E-state index is -1.04. The number of carbonyl (C=O) groups is 2. The van der Waals surface area contributed by atoms with Gasteiger partial charge < -0.3 is 26.4 Å². The van der Waals surface area contributed by atoms with Crippen molar-refractivity contribution in [1.82, 2.24) is 10.6 Å². The van der Waals surface area contributed by atoms with E-state index in [1.165, 1.54) is 11.6 Å². The van der Waals surface area contributed by atoms with E-state index in [2.05, 4.69) is 49.5 Å². The van der Waals surface area contributed by atoms with Gasteiger partial charge in [-0.1, -0.05) is 30.3 Å². The maximum Gasteiger partial charge on any atom is 0.335 e. The van der Waals surface area contributed by atoms with E-state index >= 15 is 0 Å². The molecule has 0 atom stereocenters. The highest BCUT2D eigenvalue weighted by Gasteiger charge is 2.13. The van der Waals surface area contributed by atoms with Gasteiger partial charge in [0, 0.05) is 35.6 Å². The summed E-state index contributed by atoms with van der Waals surface area (Å²) < 4.78 is 0. The first kappa shape index (κ1) is 25.0. The topological polar surface area (TPSA) is 127 Å². The van der Waals surface area contributed by atoms with Gasteiger partial charge in [0.15, 0.2) is 0 Å². The maximum absolute atomic E-state index is 12.7. The Hall–Kier alpha value is -4.66. The van der Waals surface area contributed by atoms with Gasteiger partial charge in [0.05, 0.1) is 18.7 Å². The minimum absolute atomic E-state index is 0.137. The molecule has 2 aliphatic heterocycles. The number of carbonyl (C=O) groups excluding carboxylic acids is 1. The Balaban J connectivity index is 1.22. The van der Waals surface area contributed by atoms with Crippen LogP contribution in [-0.4, -0.2) is 55.0 Å². The molecular weight excluding hydrogens is 480 g/mol. The summed E-state index contributed by atoms with van der Waals surface area (Å²) in [5.74, 6) is 0.708. The molecule has 0 aliphatic carbocycles. The summed E-state index contributed by atoms with van der Waals surface area (Å²) >= 11 is 0. The van der Waals surface area contributed by atoms with Gasteiger partial charge in [-0.25, -0.2) is 9.59 Å². The lowest BCUT2D eigenvalue weighted by molar-refractivity contribution is 0.0696. The second kappa shape index (κ2) is 11.6. The smallest absolute Gasteiger partial charge is 0.335 e. The van der Waals surface area contributed by atoms with E-state index in [9.17, 15) is 14.7 Å². The van der Waals surface area contributed by atoms with E-state index in [0.717, 1.165) is 67.4 Å². The zero-order chi connectivity index (χ0) is 26.3.